The van der Waals surface area contributed by atoms with Crippen LogP contribution in [-0.4, -0.2) is 20.1 Å². The van der Waals surface area contributed by atoms with Crippen LogP contribution in [0.5, 0.6) is 5.88 Å². The highest BCUT2D eigenvalue weighted by atomic mass is 32.1. The van der Waals surface area contributed by atoms with E-state index in [0.29, 0.717) is 11.5 Å². The number of nitro groups is 1. The maximum Gasteiger partial charge on any atom is 0.331 e. The number of hydrogen-bond donors (Lipinski definition) is 0. The lowest BCUT2D eigenvalue weighted by Gasteiger charge is -2.03. The second-order valence-electron chi connectivity index (χ2n) is 4.36. The van der Waals surface area contributed by atoms with Crippen LogP contribution in [0.4, 0.5) is 5.69 Å². The molecule has 3 aromatic heterocycles. The highest BCUT2D eigenvalue weighted by Gasteiger charge is 2.18. The first-order valence-corrected chi connectivity index (χ1v) is 7.11. The molecular formula is C13H10N4O4S. The lowest BCUT2D eigenvalue weighted by molar-refractivity contribution is -0.386. The minimum absolute atomic E-state index is 0.0773. The number of aryl methyl sites for hydroxylation is 1. The summed E-state index contributed by atoms with van der Waals surface area (Å²) in [4.78, 5) is 15.2. The molecule has 3 rings (SSSR count). The molecule has 0 atom stereocenters. The molecule has 0 aliphatic rings. The number of aromatic nitrogens is 3. The lowest BCUT2D eigenvalue weighted by atomic mass is 10.3. The van der Waals surface area contributed by atoms with Crippen LogP contribution in [0.25, 0.3) is 10.8 Å². The van der Waals surface area contributed by atoms with E-state index in [2.05, 4.69) is 15.2 Å². The van der Waals surface area contributed by atoms with Gasteiger partial charge in [0.1, 0.15) is 0 Å². The Morgan fingerprint density at radius 3 is 3.05 bits per heavy atom. The SMILES string of the molecule is Cc1cnc(OCc2nnc(-c3cccs3)o2)c([N+](=O)[O-])c1. The molecule has 0 aliphatic carbocycles. The Kier molecular flexibility index (Phi) is 3.79. The van der Waals surface area contributed by atoms with E-state index in [1.54, 1.807) is 6.92 Å². The van der Waals surface area contributed by atoms with E-state index in [-0.39, 0.29) is 24.1 Å². The minimum Gasteiger partial charge on any atom is -0.463 e. The van der Waals surface area contributed by atoms with Gasteiger partial charge in [0.05, 0.1) is 9.80 Å². The van der Waals surface area contributed by atoms with Gasteiger partial charge in [-0.2, -0.15) is 0 Å². The first-order chi connectivity index (χ1) is 10.6. The summed E-state index contributed by atoms with van der Waals surface area (Å²) in [6, 6.07) is 5.13. The molecule has 0 N–H and O–H groups in total. The van der Waals surface area contributed by atoms with Crippen molar-refractivity contribution in [3.05, 3.63) is 51.3 Å². The summed E-state index contributed by atoms with van der Waals surface area (Å²) in [5.74, 6) is 0.534. The Balaban J connectivity index is 1.74. The van der Waals surface area contributed by atoms with Gasteiger partial charge in [0.15, 0.2) is 6.61 Å². The zero-order valence-electron chi connectivity index (χ0n) is 11.4. The highest BCUT2D eigenvalue weighted by molar-refractivity contribution is 7.13. The van der Waals surface area contributed by atoms with Gasteiger partial charge in [-0.15, -0.1) is 21.5 Å². The Labute approximate surface area is 128 Å². The molecule has 3 aromatic rings. The van der Waals surface area contributed by atoms with E-state index in [1.807, 2.05) is 17.5 Å². The average molecular weight is 318 g/mol. The molecule has 0 amide bonds. The zero-order valence-corrected chi connectivity index (χ0v) is 12.2. The molecule has 0 bridgehead atoms. The maximum absolute atomic E-state index is 11.0. The van der Waals surface area contributed by atoms with Gasteiger partial charge in [0.25, 0.3) is 17.7 Å². The molecule has 0 saturated heterocycles. The third kappa shape index (κ3) is 2.93. The van der Waals surface area contributed by atoms with E-state index in [0.717, 1.165) is 4.88 Å². The van der Waals surface area contributed by atoms with E-state index in [9.17, 15) is 10.1 Å². The summed E-state index contributed by atoms with van der Waals surface area (Å²) >= 11 is 1.47. The van der Waals surface area contributed by atoms with Crippen molar-refractivity contribution >= 4 is 17.0 Å². The maximum atomic E-state index is 11.0. The molecule has 0 aliphatic heterocycles. The fourth-order valence-electron chi connectivity index (χ4n) is 1.73. The van der Waals surface area contributed by atoms with Gasteiger partial charge in [-0.3, -0.25) is 10.1 Å². The van der Waals surface area contributed by atoms with Crippen LogP contribution in [0.3, 0.4) is 0 Å². The van der Waals surface area contributed by atoms with Gasteiger partial charge < -0.3 is 9.15 Å². The number of nitrogens with zero attached hydrogens (tertiary/aromatic N) is 4. The van der Waals surface area contributed by atoms with E-state index in [4.69, 9.17) is 9.15 Å². The molecule has 9 heteroatoms. The van der Waals surface area contributed by atoms with Gasteiger partial charge in [-0.25, -0.2) is 4.98 Å². The van der Waals surface area contributed by atoms with Crippen molar-refractivity contribution < 1.29 is 14.1 Å². The normalized spacial score (nSPS) is 10.6. The molecule has 8 nitrogen and oxygen atoms in total. The largest absolute Gasteiger partial charge is 0.463 e. The number of rotatable bonds is 5. The van der Waals surface area contributed by atoms with Crippen molar-refractivity contribution in [2.45, 2.75) is 13.5 Å². The Bertz CT molecular complexity index is 800. The summed E-state index contributed by atoms with van der Waals surface area (Å²) in [5.41, 5.74) is 0.481. The van der Waals surface area contributed by atoms with Gasteiger partial charge in [-0.05, 0) is 23.9 Å². The van der Waals surface area contributed by atoms with E-state index < -0.39 is 4.92 Å². The predicted molar refractivity (Wildman–Crippen MR) is 77.6 cm³/mol. The van der Waals surface area contributed by atoms with Crippen molar-refractivity contribution in [1.82, 2.24) is 15.2 Å². The van der Waals surface area contributed by atoms with Crippen LogP contribution in [0, 0.1) is 17.0 Å². The Morgan fingerprint density at radius 1 is 1.45 bits per heavy atom. The topological polar surface area (TPSA) is 104 Å². The van der Waals surface area contributed by atoms with Crippen LogP contribution in [0.15, 0.2) is 34.2 Å². The third-order valence-corrected chi connectivity index (χ3v) is 3.55. The standard InChI is InChI=1S/C13H10N4O4S/c1-8-5-9(17(18)19)12(14-6-8)20-7-11-15-16-13(21-11)10-3-2-4-22-10/h2-6H,7H2,1H3. The lowest BCUT2D eigenvalue weighted by Crippen LogP contribution is -2.01. The van der Waals surface area contributed by atoms with Crippen molar-refractivity contribution in [3.8, 4) is 16.6 Å². The molecule has 0 unspecified atom stereocenters. The minimum atomic E-state index is -0.541. The zero-order chi connectivity index (χ0) is 15.5. The summed E-state index contributed by atoms with van der Waals surface area (Å²) in [6.07, 6.45) is 1.49. The monoisotopic (exact) mass is 318 g/mol. The van der Waals surface area contributed by atoms with Crippen molar-refractivity contribution in [3.63, 3.8) is 0 Å². The smallest absolute Gasteiger partial charge is 0.331 e. The first-order valence-electron chi connectivity index (χ1n) is 6.23. The number of thiophene rings is 1. The molecular weight excluding hydrogens is 308 g/mol. The summed E-state index contributed by atoms with van der Waals surface area (Å²) in [5, 5.41) is 20.6. The van der Waals surface area contributed by atoms with Crippen LogP contribution in [0.1, 0.15) is 11.5 Å². The van der Waals surface area contributed by atoms with Crippen LogP contribution in [0.2, 0.25) is 0 Å². The second-order valence-corrected chi connectivity index (χ2v) is 5.31. The molecule has 112 valence electrons. The van der Waals surface area contributed by atoms with Gasteiger partial charge in [0, 0.05) is 12.3 Å². The molecule has 0 aromatic carbocycles. The number of pyridine rings is 1. The first kappa shape index (κ1) is 14.1. The second kappa shape index (κ2) is 5.90. The predicted octanol–water partition coefficient (Wildman–Crippen LogP) is 2.99. The molecule has 0 radical (unpaired) electrons. The summed E-state index contributed by atoms with van der Waals surface area (Å²) < 4.78 is 10.8. The quantitative estimate of drug-likeness (QED) is 0.526. The fraction of sp³-hybridized carbons (Fsp3) is 0.154. The van der Waals surface area contributed by atoms with Gasteiger partial charge in [-0.1, -0.05) is 6.07 Å². The number of hydrogen-bond acceptors (Lipinski definition) is 8. The van der Waals surface area contributed by atoms with Crippen LogP contribution < -0.4 is 4.74 Å². The van der Waals surface area contributed by atoms with Crippen molar-refractivity contribution in [2.24, 2.45) is 0 Å². The Morgan fingerprint density at radius 2 is 2.32 bits per heavy atom. The highest BCUT2D eigenvalue weighted by Crippen LogP contribution is 2.26. The summed E-state index contributed by atoms with van der Waals surface area (Å²) in [6.45, 7) is 1.63. The summed E-state index contributed by atoms with van der Waals surface area (Å²) in [7, 11) is 0. The van der Waals surface area contributed by atoms with Crippen LogP contribution in [-0.2, 0) is 6.61 Å². The molecule has 0 saturated carbocycles. The fourth-order valence-corrected chi connectivity index (χ4v) is 2.37. The molecule has 0 fully saturated rings. The van der Waals surface area contributed by atoms with E-state index >= 15 is 0 Å². The van der Waals surface area contributed by atoms with Crippen LogP contribution >= 0.6 is 11.3 Å². The molecule has 22 heavy (non-hydrogen) atoms. The average Bonchev–Trinajstić information content (AvgIpc) is 3.16. The number of ether oxygens (including phenoxy) is 1. The van der Waals surface area contributed by atoms with Gasteiger partial charge in [0.2, 0.25) is 0 Å². The Hall–Kier alpha value is -2.81. The van der Waals surface area contributed by atoms with E-state index in [1.165, 1.54) is 23.6 Å². The van der Waals surface area contributed by atoms with Crippen molar-refractivity contribution in [1.29, 1.82) is 0 Å². The van der Waals surface area contributed by atoms with Gasteiger partial charge >= 0.3 is 5.69 Å². The third-order valence-electron chi connectivity index (χ3n) is 2.70. The van der Waals surface area contributed by atoms with Crippen molar-refractivity contribution in [2.75, 3.05) is 0 Å². The molecule has 0 spiro atoms. The molecule has 3 heterocycles.